The first kappa shape index (κ1) is 14.4. The molecule has 15 heavy (non-hydrogen) atoms. The van der Waals surface area contributed by atoms with Crippen LogP contribution in [0.15, 0.2) is 17.3 Å². The van der Waals surface area contributed by atoms with Crippen LogP contribution in [0.5, 0.6) is 0 Å². The van der Waals surface area contributed by atoms with Gasteiger partial charge in [-0.05, 0) is 26.2 Å². The Labute approximate surface area is 95.7 Å². The number of hydrogen-bond donors (Lipinski definition) is 0. The zero-order valence-corrected chi connectivity index (χ0v) is 10.8. The van der Waals surface area contributed by atoms with Gasteiger partial charge in [-0.1, -0.05) is 52.5 Å². The number of allylic oxidation sites excluding steroid dienone is 1. The van der Waals surface area contributed by atoms with Crippen molar-refractivity contribution < 1.29 is 0 Å². The molecule has 1 heteroatoms. The lowest BCUT2D eigenvalue weighted by Gasteiger charge is -2.04. The number of rotatable bonds is 9. The normalized spacial score (nSPS) is 11.8. The second kappa shape index (κ2) is 9.95. The van der Waals surface area contributed by atoms with Crippen molar-refractivity contribution >= 4 is 5.71 Å². The molecule has 0 fully saturated rings. The Hall–Kier alpha value is -0.590. The van der Waals surface area contributed by atoms with Crippen molar-refractivity contribution in [3.05, 3.63) is 12.3 Å². The minimum absolute atomic E-state index is 0.942. The van der Waals surface area contributed by atoms with Gasteiger partial charge in [0.05, 0.1) is 0 Å². The maximum absolute atomic E-state index is 4.45. The van der Waals surface area contributed by atoms with Crippen LogP contribution >= 0.6 is 0 Å². The molecule has 0 aliphatic rings. The van der Waals surface area contributed by atoms with Gasteiger partial charge in [-0.2, -0.15) is 0 Å². The van der Waals surface area contributed by atoms with Crippen LogP contribution in [0.2, 0.25) is 0 Å². The third-order valence-electron chi connectivity index (χ3n) is 2.58. The molecule has 0 radical (unpaired) electrons. The Morgan fingerprint density at radius 1 is 1.00 bits per heavy atom. The molecule has 0 heterocycles. The fourth-order valence-electron chi connectivity index (χ4n) is 1.69. The predicted molar refractivity (Wildman–Crippen MR) is 70.5 cm³/mol. The molecule has 0 aromatic rings. The molecule has 0 aliphatic carbocycles. The summed E-state index contributed by atoms with van der Waals surface area (Å²) in [6, 6.07) is 0. The van der Waals surface area contributed by atoms with Gasteiger partial charge in [0.15, 0.2) is 0 Å². The molecule has 0 saturated heterocycles. The topological polar surface area (TPSA) is 12.4 Å². The SMILES string of the molecule is C=C(C)/N=C(\CC)CCCCCCCC. The smallest absolute Gasteiger partial charge is 0.0300 e. The molecule has 0 spiro atoms. The van der Waals surface area contributed by atoms with E-state index >= 15 is 0 Å². The Morgan fingerprint density at radius 3 is 2.13 bits per heavy atom. The molecular weight excluding hydrogens is 182 g/mol. The molecule has 0 saturated carbocycles. The summed E-state index contributed by atoms with van der Waals surface area (Å²) >= 11 is 0. The summed E-state index contributed by atoms with van der Waals surface area (Å²) in [5.74, 6) is 0. The van der Waals surface area contributed by atoms with E-state index in [9.17, 15) is 0 Å². The summed E-state index contributed by atoms with van der Waals surface area (Å²) < 4.78 is 0. The van der Waals surface area contributed by atoms with Gasteiger partial charge in [0.2, 0.25) is 0 Å². The minimum Gasteiger partial charge on any atom is -0.263 e. The molecule has 0 N–H and O–H groups in total. The van der Waals surface area contributed by atoms with E-state index in [1.807, 2.05) is 6.92 Å². The molecule has 0 amide bonds. The Morgan fingerprint density at radius 2 is 1.60 bits per heavy atom. The number of unbranched alkanes of at least 4 members (excludes halogenated alkanes) is 5. The zero-order chi connectivity index (χ0) is 11.5. The second-order valence-corrected chi connectivity index (χ2v) is 4.28. The van der Waals surface area contributed by atoms with Gasteiger partial charge in [-0.15, -0.1) is 0 Å². The van der Waals surface area contributed by atoms with Crippen molar-refractivity contribution in [2.75, 3.05) is 0 Å². The maximum Gasteiger partial charge on any atom is 0.0300 e. The fraction of sp³-hybridized carbons (Fsp3) is 0.786. The standard InChI is InChI=1S/C14H27N/c1-5-7-8-9-10-11-12-14(6-2)15-13(3)4/h3,5-12H2,1-2,4H3/b15-14+. The highest BCUT2D eigenvalue weighted by molar-refractivity contribution is 5.84. The Kier molecular flexibility index (Phi) is 9.55. The van der Waals surface area contributed by atoms with Crippen molar-refractivity contribution in [3.8, 4) is 0 Å². The van der Waals surface area contributed by atoms with Crippen LogP contribution in [-0.2, 0) is 0 Å². The van der Waals surface area contributed by atoms with E-state index < -0.39 is 0 Å². The zero-order valence-electron chi connectivity index (χ0n) is 10.8. The van der Waals surface area contributed by atoms with Crippen LogP contribution in [0.25, 0.3) is 0 Å². The molecule has 0 rings (SSSR count). The maximum atomic E-state index is 4.45. The molecule has 0 aromatic heterocycles. The summed E-state index contributed by atoms with van der Waals surface area (Å²) in [7, 11) is 0. The van der Waals surface area contributed by atoms with Gasteiger partial charge in [-0.25, -0.2) is 0 Å². The first-order valence-corrected chi connectivity index (χ1v) is 6.42. The van der Waals surface area contributed by atoms with E-state index in [1.54, 1.807) is 0 Å². The third kappa shape index (κ3) is 9.71. The average Bonchev–Trinajstić information content (AvgIpc) is 2.20. The molecule has 0 unspecified atom stereocenters. The van der Waals surface area contributed by atoms with Crippen molar-refractivity contribution in [1.29, 1.82) is 0 Å². The highest BCUT2D eigenvalue weighted by Gasteiger charge is 1.97. The van der Waals surface area contributed by atoms with Gasteiger partial charge in [0, 0.05) is 11.4 Å². The number of hydrogen-bond acceptors (Lipinski definition) is 1. The molecule has 0 aliphatic heterocycles. The van der Waals surface area contributed by atoms with E-state index in [2.05, 4.69) is 25.4 Å². The van der Waals surface area contributed by atoms with Gasteiger partial charge in [0.1, 0.15) is 0 Å². The molecule has 0 atom stereocenters. The van der Waals surface area contributed by atoms with Crippen LogP contribution in [0.4, 0.5) is 0 Å². The monoisotopic (exact) mass is 209 g/mol. The molecule has 88 valence electrons. The van der Waals surface area contributed by atoms with Crippen molar-refractivity contribution in [2.24, 2.45) is 4.99 Å². The van der Waals surface area contributed by atoms with Gasteiger partial charge < -0.3 is 0 Å². The van der Waals surface area contributed by atoms with Crippen LogP contribution in [-0.4, -0.2) is 5.71 Å². The van der Waals surface area contributed by atoms with E-state index in [0.717, 1.165) is 18.5 Å². The van der Waals surface area contributed by atoms with Crippen molar-refractivity contribution in [2.45, 2.75) is 72.1 Å². The quantitative estimate of drug-likeness (QED) is 0.369. The third-order valence-corrected chi connectivity index (χ3v) is 2.58. The Bertz CT molecular complexity index is 192. The van der Waals surface area contributed by atoms with Gasteiger partial charge in [0.25, 0.3) is 0 Å². The highest BCUT2D eigenvalue weighted by Crippen LogP contribution is 2.09. The lowest BCUT2D eigenvalue weighted by Crippen LogP contribution is -1.96. The average molecular weight is 209 g/mol. The largest absolute Gasteiger partial charge is 0.263 e. The van der Waals surface area contributed by atoms with Crippen LogP contribution < -0.4 is 0 Å². The lowest BCUT2D eigenvalue weighted by molar-refractivity contribution is 0.614. The number of aliphatic imine (C=N–C) groups is 1. The molecule has 0 bridgehead atoms. The fourth-order valence-corrected chi connectivity index (χ4v) is 1.69. The lowest BCUT2D eigenvalue weighted by atomic mass is 10.1. The van der Waals surface area contributed by atoms with Crippen LogP contribution in [0.1, 0.15) is 72.1 Å². The van der Waals surface area contributed by atoms with E-state index in [4.69, 9.17) is 0 Å². The highest BCUT2D eigenvalue weighted by atomic mass is 14.7. The van der Waals surface area contributed by atoms with Gasteiger partial charge >= 0.3 is 0 Å². The predicted octanol–water partition coefficient (Wildman–Crippen LogP) is 5.12. The molecule has 1 nitrogen and oxygen atoms in total. The first-order valence-electron chi connectivity index (χ1n) is 6.42. The summed E-state index contributed by atoms with van der Waals surface area (Å²) in [5.41, 5.74) is 2.26. The second-order valence-electron chi connectivity index (χ2n) is 4.28. The molecule has 0 aromatic carbocycles. The first-order chi connectivity index (χ1) is 7.20. The summed E-state index contributed by atoms with van der Waals surface area (Å²) in [6.45, 7) is 10.2. The number of nitrogens with zero attached hydrogens (tertiary/aromatic N) is 1. The van der Waals surface area contributed by atoms with Crippen molar-refractivity contribution in [3.63, 3.8) is 0 Å². The summed E-state index contributed by atoms with van der Waals surface area (Å²) in [6.07, 6.45) is 10.4. The van der Waals surface area contributed by atoms with E-state index in [0.29, 0.717) is 0 Å². The van der Waals surface area contributed by atoms with Crippen LogP contribution in [0.3, 0.4) is 0 Å². The molecular formula is C14H27N. The van der Waals surface area contributed by atoms with Crippen molar-refractivity contribution in [1.82, 2.24) is 0 Å². The minimum atomic E-state index is 0.942. The Balaban J connectivity index is 3.51. The summed E-state index contributed by atoms with van der Waals surface area (Å²) in [4.78, 5) is 4.45. The van der Waals surface area contributed by atoms with Crippen LogP contribution in [0, 0.1) is 0 Å². The van der Waals surface area contributed by atoms with E-state index in [1.165, 1.54) is 44.2 Å². The summed E-state index contributed by atoms with van der Waals surface area (Å²) in [5, 5.41) is 0. The van der Waals surface area contributed by atoms with Gasteiger partial charge in [-0.3, -0.25) is 4.99 Å². The van der Waals surface area contributed by atoms with E-state index in [-0.39, 0.29) is 0 Å².